The number of carboxylic acid groups (broad SMARTS) is 1. The Hall–Kier alpha value is -2.70. The number of amides is 1. The van der Waals surface area contributed by atoms with Gasteiger partial charge >= 0.3 is 11.9 Å². The SMILES string of the molecule is CCOC(=O)C(CCc1ccccc1)=NC(C)C(=O)N1CCCC1C(=O)O. The Kier molecular flexibility index (Phi) is 7.52. The molecule has 1 fully saturated rings. The fourth-order valence-corrected chi connectivity index (χ4v) is 3.16. The van der Waals surface area contributed by atoms with Gasteiger partial charge in [0.05, 0.1) is 6.61 Å². The lowest BCUT2D eigenvalue weighted by molar-refractivity contribution is -0.148. The van der Waals surface area contributed by atoms with Gasteiger partial charge in [-0.1, -0.05) is 30.3 Å². The normalized spacial score (nSPS) is 18.2. The number of esters is 1. The molecule has 27 heavy (non-hydrogen) atoms. The number of carboxylic acids is 1. The third kappa shape index (κ3) is 5.64. The maximum absolute atomic E-state index is 12.7. The molecule has 1 heterocycles. The van der Waals surface area contributed by atoms with Crippen molar-refractivity contribution in [3.63, 3.8) is 0 Å². The molecular formula is C20H26N2O5. The fraction of sp³-hybridized carbons (Fsp3) is 0.500. The second-order valence-electron chi connectivity index (χ2n) is 6.49. The average molecular weight is 374 g/mol. The molecule has 1 saturated heterocycles. The van der Waals surface area contributed by atoms with Crippen LogP contribution in [0.5, 0.6) is 0 Å². The molecule has 0 aromatic heterocycles. The zero-order valence-corrected chi connectivity index (χ0v) is 15.8. The number of benzene rings is 1. The molecule has 2 unspecified atom stereocenters. The molecule has 1 aliphatic rings. The van der Waals surface area contributed by atoms with Crippen molar-refractivity contribution < 1.29 is 24.2 Å². The molecule has 1 amide bonds. The summed E-state index contributed by atoms with van der Waals surface area (Å²) in [5.41, 5.74) is 1.26. The molecule has 0 radical (unpaired) electrons. The molecule has 2 rings (SSSR count). The van der Waals surface area contributed by atoms with Crippen molar-refractivity contribution in [2.45, 2.75) is 51.6 Å². The summed E-state index contributed by atoms with van der Waals surface area (Å²) in [4.78, 5) is 41.9. The zero-order valence-electron chi connectivity index (χ0n) is 15.8. The van der Waals surface area contributed by atoms with Crippen LogP contribution in [0.25, 0.3) is 0 Å². The molecule has 0 aliphatic carbocycles. The zero-order chi connectivity index (χ0) is 19.8. The van der Waals surface area contributed by atoms with Crippen molar-refractivity contribution >= 4 is 23.6 Å². The summed E-state index contributed by atoms with van der Waals surface area (Å²) in [5, 5.41) is 9.26. The van der Waals surface area contributed by atoms with Crippen LogP contribution < -0.4 is 0 Å². The number of rotatable bonds is 8. The first-order valence-electron chi connectivity index (χ1n) is 9.25. The number of aryl methyl sites for hydroxylation is 1. The number of likely N-dealkylation sites (tertiary alicyclic amines) is 1. The minimum atomic E-state index is -1.01. The highest BCUT2D eigenvalue weighted by Crippen LogP contribution is 2.19. The van der Waals surface area contributed by atoms with Gasteiger partial charge in [-0.3, -0.25) is 9.79 Å². The Labute approximate surface area is 159 Å². The number of ether oxygens (including phenoxy) is 1. The van der Waals surface area contributed by atoms with Gasteiger partial charge in [0, 0.05) is 13.0 Å². The third-order valence-corrected chi connectivity index (χ3v) is 4.53. The van der Waals surface area contributed by atoms with Crippen molar-refractivity contribution in [3.8, 4) is 0 Å². The van der Waals surface area contributed by atoms with Crippen molar-refractivity contribution in [1.82, 2.24) is 4.90 Å². The van der Waals surface area contributed by atoms with Gasteiger partial charge in [0.25, 0.3) is 0 Å². The van der Waals surface area contributed by atoms with Gasteiger partial charge in [0.2, 0.25) is 5.91 Å². The van der Waals surface area contributed by atoms with Crippen molar-refractivity contribution in [2.24, 2.45) is 4.99 Å². The van der Waals surface area contributed by atoms with Crippen molar-refractivity contribution in [3.05, 3.63) is 35.9 Å². The van der Waals surface area contributed by atoms with E-state index in [4.69, 9.17) is 4.74 Å². The summed E-state index contributed by atoms with van der Waals surface area (Å²) in [6, 6.07) is 8.02. The molecule has 1 N–H and O–H groups in total. The number of nitrogens with zero attached hydrogens (tertiary/aromatic N) is 2. The number of hydrogen-bond acceptors (Lipinski definition) is 5. The van der Waals surface area contributed by atoms with Gasteiger partial charge in [0.15, 0.2) is 0 Å². The first-order chi connectivity index (χ1) is 12.9. The summed E-state index contributed by atoms with van der Waals surface area (Å²) in [6.45, 7) is 3.91. The highest BCUT2D eigenvalue weighted by Gasteiger charge is 2.36. The van der Waals surface area contributed by atoms with E-state index >= 15 is 0 Å². The van der Waals surface area contributed by atoms with E-state index in [1.165, 1.54) is 4.90 Å². The van der Waals surface area contributed by atoms with Crippen LogP contribution in [0.15, 0.2) is 35.3 Å². The smallest absolute Gasteiger partial charge is 0.352 e. The molecule has 0 bridgehead atoms. The van der Waals surface area contributed by atoms with Crippen molar-refractivity contribution in [1.29, 1.82) is 0 Å². The third-order valence-electron chi connectivity index (χ3n) is 4.53. The lowest BCUT2D eigenvalue weighted by atomic mass is 10.1. The number of aliphatic carboxylic acids is 1. The van der Waals surface area contributed by atoms with Gasteiger partial charge in [0.1, 0.15) is 17.8 Å². The number of carbonyl (C=O) groups excluding carboxylic acids is 2. The lowest BCUT2D eigenvalue weighted by Gasteiger charge is -2.23. The Morgan fingerprint density at radius 3 is 2.63 bits per heavy atom. The van der Waals surface area contributed by atoms with E-state index in [2.05, 4.69) is 4.99 Å². The highest BCUT2D eigenvalue weighted by molar-refractivity contribution is 6.36. The number of aliphatic imine (C=N–C) groups is 1. The number of hydrogen-bond donors (Lipinski definition) is 1. The molecule has 1 aliphatic heterocycles. The largest absolute Gasteiger partial charge is 0.480 e. The maximum atomic E-state index is 12.7. The first kappa shape index (κ1) is 20.6. The highest BCUT2D eigenvalue weighted by atomic mass is 16.5. The second-order valence-corrected chi connectivity index (χ2v) is 6.49. The van der Waals surface area contributed by atoms with E-state index in [1.807, 2.05) is 30.3 Å². The van der Waals surface area contributed by atoms with E-state index in [-0.39, 0.29) is 18.2 Å². The standard InChI is InChI=1S/C20H26N2O5/c1-3-27-20(26)16(12-11-15-8-5-4-6-9-15)21-14(2)18(23)22-13-7-10-17(22)19(24)25/h4-6,8-9,14,17H,3,7,10-13H2,1-2H3,(H,24,25). The minimum Gasteiger partial charge on any atom is -0.480 e. The van der Waals surface area contributed by atoms with Crippen LogP contribution in [0.3, 0.4) is 0 Å². The van der Waals surface area contributed by atoms with Crippen LogP contribution in [-0.4, -0.2) is 58.8 Å². The first-order valence-corrected chi connectivity index (χ1v) is 9.25. The van der Waals surface area contributed by atoms with Crippen molar-refractivity contribution in [2.75, 3.05) is 13.2 Å². The summed E-state index contributed by atoms with van der Waals surface area (Å²) in [6.07, 6.45) is 2.04. The van der Waals surface area contributed by atoms with E-state index in [1.54, 1.807) is 13.8 Å². The summed E-state index contributed by atoms with van der Waals surface area (Å²) < 4.78 is 5.07. The van der Waals surface area contributed by atoms with Crippen LogP contribution >= 0.6 is 0 Å². The van der Waals surface area contributed by atoms with E-state index in [0.29, 0.717) is 32.2 Å². The minimum absolute atomic E-state index is 0.202. The van der Waals surface area contributed by atoms with Gasteiger partial charge in [-0.05, 0) is 38.7 Å². The molecule has 146 valence electrons. The van der Waals surface area contributed by atoms with Crippen LogP contribution in [0, 0.1) is 0 Å². The molecule has 0 spiro atoms. The van der Waals surface area contributed by atoms with Gasteiger partial charge < -0.3 is 14.7 Å². The molecule has 1 aromatic rings. The average Bonchev–Trinajstić information content (AvgIpc) is 3.15. The molecule has 7 nitrogen and oxygen atoms in total. The van der Waals surface area contributed by atoms with Crippen LogP contribution in [0.1, 0.15) is 38.7 Å². The van der Waals surface area contributed by atoms with Crippen LogP contribution in [-0.2, 0) is 25.5 Å². The molecule has 2 atom stereocenters. The molecule has 7 heteroatoms. The molecular weight excluding hydrogens is 348 g/mol. The predicted octanol–water partition coefficient (Wildman–Crippen LogP) is 2.09. The Morgan fingerprint density at radius 1 is 1.30 bits per heavy atom. The maximum Gasteiger partial charge on any atom is 0.352 e. The van der Waals surface area contributed by atoms with Crippen LogP contribution in [0.4, 0.5) is 0 Å². The molecule has 1 aromatic carbocycles. The van der Waals surface area contributed by atoms with E-state index in [0.717, 1.165) is 5.56 Å². The van der Waals surface area contributed by atoms with Gasteiger partial charge in [-0.25, -0.2) is 9.59 Å². The quantitative estimate of drug-likeness (QED) is 0.555. The second kappa shape index (κ2) is 9.85. The molecule has 0 saturated carbocycles. The summed E-state index contributed by atoms with van der Waals surface area (Å²) in [7, 11) is 0. The predicted molar refractivity (Wildman–Crippen MR) is 101 cm³/mol. The lowest BCUT2D eigenvalue weighted by Crippen LogP contribution is -2.44. The van der Waals surface area contributed by atoms with Crippen LogP contribution in [0.2, 0.25) is 0 Å². The van der Waals surface area contributed by atoms with E-state index < -0.39 is 24.0 Å². The topological polar surface area (TPSA) is 96.3 Å². The van der Waals surface area contributed by atoms with E-state index in [9.17, 15) is 19.5 Å². The Bertz CT molecular complexity index is 702. The monoisotopic (exact) mass is 374 g/mol. The Balaban J connectivity index is 2.12. The summed E-state index contributed by atoms with van der Waals surface area (Å²) in [5.74, 6) is -1.92. The Morgan fingerprint density at radius 2 is 2.00 bits per heavy atom. The number of carbonyl (C=O) groups is 3. The van der Waals surface area contributed by atoms with Gasteiger partial charge in [-0.2, -0.15) is 0 Å². The van der Waals surface area contributed by atoms with Gasteiger partial charge in [-0.15, -0.1) is 0 Å². The fourth-order valence-electron chi connectivity index (χ4n) is 3.16. The summed E-state index contributed by atoms with van der Waals surface area (Å²) >= 11 is 0.